The Labute approximate surface area is 144 Å². The van der Waals surface area contributed by atoms with Crippen LogP contribution < -0.4 is 10.6 Å². The topological polar surface area (TPSA) is 85.6 Å². The summed E-state index contributed by atoms with van der Waals surface area (Å²) in [5, 5.41) is 14.7. The van der Waals surface area contributed by atoms with Crippen molar-refractivity contribution < 1.29 is 9.47 Å². The number of hydrogen-bond donors (Lipinski definition) is 2. The van der Waals surface area contributed by atoms with Gasteiger partial charge in [-0.1, -0.05) is 6.92 Å². The van der Waals surface area contributed by atoms with Crippen molar-refractivity contribution in [3.63, 3.8) is 0 Å². The van der Waals surface area contributed by atoms with Crippen LogP contribution in [0.3, 0.4) is 0 Å². The highest BCUT2D eigenvalue weighted by molar-refractivity contribution is 5.79. The van der Waals surface area contributed by atoms with Gasteiger partial charge in [-0.05, 0) is 19.3 Å². The van der Waals surface area contributed by atoms with Crippen LogP contribution in [0.2, 0.25) is 0 Å². The summed E-state index contributed by atoms with van der Waals surface area (Å²) in [6.45, 7) is 6.56. The number of nitrogens with one attached hydrogen (secondary N) is 2. The molecule has 0 aromatic carbocycles. The molecule has 1 unspecified atom stereocenters. The molecule has 8 heteroatoms. The number of nitrogens with zero attached hydrogens (tertiary/aromatic N) is 4. The quantitative estimate of drug-likeness (QED) is 0.389. The average molecular weight is 338 g/mol. The van der Waals surface area contributed by atoms with Gasteiger partial charge in [-0.3, -0.25) is 4.99 Å². The number of ether oxygens (including phenoxy) is 2. The van der Waals surface area contributed by atoms with Crippen molar-refractivity contribution in [1.82, 2.24) is 25.4 Å². The molecule has 8 nitrogen and oxygen atoms in total. The SMILES string of the molecule is CCc1nncn1CCNC(=NCC1CCCCO1)NCCOC. The molecule has 136 valence electrons. The number of aromatic nitrogens is 3. The molecule has 1 saturated heterocycles. The van der Waals surface area contributed by atoms with Gasteiger partial charge in [-0.2, -0.15) is 0 Å². The largest absolute Gasteiger partial charge is 0.383 e. The van der Waals surface area contributed by atoms with Gasteiger partial charge in [0.15, 0.2) is 5.96 Å². The van der Waals surface area contributed by atoms with Crippen molar-refractivity contribution >= 4 is 5.96 Å². The van der Waals surface area contributed by atoms with E-state index < -0.39 is 0 Å². The van der Waals surface area contributed by atoms with Crippen LogP contribution in [0.1, 0.15) is 32.0 Å². The van der Waals surface area contributed by atoms with Gasteiger partial charge in [0.25, 0.3) is 0 Å². The van der Waals surface area contributed by atoms with Gasteiger partial charge in [0.2, 0.25) is 0 Å². The summed E-state index contributed by atoms with van der Waals surface area (Å²) in [6, 6.07) is 0. The summed E-state index contributed by atoms with van der Waals surface area (Å²) in [7, 11) is 1.69. The second-order valence-electron chi connectivity index (χ2n) is 5.82. The third-order valence-electron chi connectivity index (χ3n) is 3.98. The minimum Gasteiger partial charge on any atom is -0.383 e. The molecule has 1 fully saturated rings. The molecule has 2 N–H and O–H groups in total. The zero-order valence-corrected chi connectivity index (χ0v) is 14.8. The van der Waals surface area contributed by atoms with Crippen LogP contribution >= 0.6 is 0 Å². The summed E-state index contributed by atoms with van der Waals surface area (Å²) in [5.41, 5.74) is 0. The van der Waals surface area contributed by atoms with E-state index in [1.165, 1.54) is 6.42 Å². The van der Waals surface area contributed by atoms with Crippen LogP contribution in [0, 0.1) is 0 Å². The molecule has 1 aliphatic rings. The summed E-state index contributed by atoms with van der Waals surface area (Å²) < 4.78 is 12.9. The summed E-state index contributed by atoms with van der Waals surface area (Å²) in [5.74, 6) is 1.80. The molecule has 0 saturated carbocycles. The van der Waals surface area contributed by atoms with Crippen molar-refractivity contribution in [2.45, 2.75) is 45.3 Å². The van der Waals surface area contributed by atoms with Crippen molar-refractivity contribution in [3.8, 4) is 0 Å². The Hall–Kier alpha value is -1.67. The fraction of sp³-hybridized carbons (Fsp3) is 0.812. The molecule has 2 heterocycles. The number of hydrogen-bond acceptors (Lipinski definition) is 5. The number of guanidine groups is 1. The molecule has 1 aromatic rings. The monoisotopic (exact) mass is 338 g/mol. The minimum absolute atomic E-state index is 0.240. The van der Waals surface area contributed by atoms with Crippen molar-refractivity contribution in [2.75, 3.05) is 40.0 Å². The van der Waals surface area contributed by atoms with Crippen LogP contribution in [-0.2, 0) is 22.4 Å². The Kier molecular flexibility index (Phi) is 8.54. The second-order valence-corrected chi connectivity index (χ2v) is 5.82. The maximum absolute atomic E-state index is 5.74. The van der Waals surface area contributed by atoms with Crippen LogP contribution in [0.4, 0.5) is 0 Å². The van der Waals surface area contributed by atoms with E-state index in [1.807, 2.05) is 0 Å². The lowest BCUT2D eigenvalue weighted by molar-refractivity contribution is 0.0224. The van der Waals surface area contributed by atoms with E-state index in [0.717, 1.165) is 57.3 Å². The smallest absolute Gasteiger partial charge is 0.191 e. The molecule has 1 aromatic heterocycles. The third kappa shape index (κ3) is 6.45. The summed E-state index contributed by atoms with van der Waals surface area (Å²) in [4.78, 5) is 4.65. The van der Waals surface area contributed by atoms with Gasteiger partial charge < -0.3 is 24.7 Å². The molecule has 0 bridgehead atoms. The molecule has 1 atom stereocenters. The lowest BCUT2D eigenvalue weighted by Gasteiger charge is -2.21. The van der Waals surface area contributed by atoms with E-state index in [2.05, 4.69) is 37.3 Å². The van der Waals surface area contributed by atoms with Crippen molar-refractivity contribution in [2.24, 2.45) is 4.99 Å². The predicted octanol–water partition coefficient (Wildman–Crippen LogP) is 0.591. The number of aliphatic imine (C=N–C) groups is 1. The predicted molar refractivity (Wildman–Crippen MR) is 93.2 cm³/mol. The van der Waals surface area contributed by atoms with E-state index >= 15 is 0 Å². The van der Waals surface area contributed by atoms with E-state index in [9.17, 15) is 0 Å². The van der Waals surface area contributed by atoms with Crippen LogP contribution in [0.5, 0.6) is 0 Å². The highest BCUT2D eigenvalue weighted by Crippen LogP contribution is 2.12. The first-order valence-corrected chi connectivity index (χ1v) is 8.83. The van der Waals surface area contributed by atoms with Gasteiger partial charge in [0.1, 0.15) is 12.2 Å². The van der Waals surface area contributed by atoms with E-state index in [0.29, 0.717) is 13.2 Å². The zero-order valence-electron chi connectivity index (χ0n) is 14.8. The number of aryl methyl sites for hydroxylation is 1. The van der Waals surface area contributed by atoms with E-state index in [-0.39, 0.29) is 6.10 Å². The molecular formula is C16H30N6O2. The maximum Gasteiger partial charge on any atom is 0.191 e. The van der Waals surface area contributed by atoms with E-state index in [1.54, 1.807) is 13.4 Å². The van der Waals surface area contributed by atoms with Gasteiger partial charge in [0.05, 0.1) is 19.3 Å². The highest BCUT2D eigenvalue weighted by atomic mass is 16.5. The zero-order chi connectivity index (χ0) is 17.0. The highest BCUT2D eigenvalue weighted by Gasteiger charge is 2.13. The minimum atomic E-state index is 0.240. The van der Waals surface area contributed by atoms with Gasteiger partial charge in [0, 0.05) is 39.8 Å². The Balaban J connectivity index is 1.80. The fourth-order valence-electron chi connectivity index (χ4n) is 2.62. The van der Waals surface area contributed by atoms with Crippen molar-refractivity contribution in [1.29, 1.82) is 0 Å². The molecule has 0 amide bonds. The van der Waals surface area contributed by atoms with Gasteiger partial charge in [-0.25, -0.2) is 0 Å². The number of methoxy groups -OCH3 is 1. The first kappa shape index (κ1) is 18.7. The molecule has 24 heavy (non-hydrogen) atoms. The van der Waals surface area contributed by atoms with Gasteiger partial charge >= 0.3 is 0 Å². The molecule has 0 radical (unpaired) electrons. The Morgan fingerprint density at radius 2 is 2.29 bits per heavy atom. The summed E-state index contributed by atoms with van der Waals surface area (Å²) in [6.07, 6.45) is 6.38. The fourth-order valence-corrected chi connectivity index (χ4v) is 2.62. The molecule has 0 aliphatic carbocycles. The van der Waals surface area contributed by atoms with Gasteiger partial charge in [-0.15, -0.1) is 10.2 Å². The third-order valence-corrected chi connectivity index (χ3v) is 3.98. The van der Waals surface area contributed by atoms with Crippen molar-refractivity contribution in [3.05, 3.63) is 12.2 Å². The molecule has 2 rings (SSSR count). The average Bonchev–Trinajstić information content (AvgIpc) is 3.08. The molecule has 0 spiro atoms. The first-order chi connectivity index (χ1) is 11.8. The normalized spacial score (nSPS) is 18.6. The van der Waals surface area contributed by atoms with Crippen LogP contribution in [0.25, 0.3) is 0 Å². The van der Waals surface area contributed by atoms with Crippen LogP contribution in [0.15, 0.2) is 11.3 Å². The van der Waals surface area contributed by atoms with E-state index in [4.69, 9.17) is 9.47 Å². The Morgan fingerprint density at radius 3 is 3.04 bits per heavy atom. The maximum atomic E-state index is 5.74. The lowest BCUT2D eigenvalue weighted by Crippen LogP contribution is -2.41. The lowest BCUT2D eigenvalue weighted by atomic mass is 10.1. The molecule has 1 aliphatic heterocycles. The summed E-state index contributed by atoms with van der Waals surface area (Å²) >= 11 is 0. The molecular weight excluding hydrogens is 308 g/mol. The van der Waals surface area contributed by atoms with Crippen LogP contribution in [-0.4, -0.2) is 66.8 Å². The Morgan fingerprint density at radius 1 is 1.42 bits per heavy atom. The first-order valence-electron chi connectivity index (χ1n) is 8.83. The second kappa shape index (κ2) is 11.0. The standard InChI is InChI=1S/C16H30N6O2/c1-3-15-21-20-13-22(15)9-7-17-16(18-8-11-23-2)19-12-14-6-4-5-10-24-14/h13-14H,3-12H2,1-2H3,(H2,17,18,19). The Bertz CT molecular complexity index is 485. The number of rotatable bonds is 9.